The van der Waals surface area contributed by atoms with Crippen molar-refractivity contribution in [3.05, 3.63) is 58.9 Å². The predicted octanol–water partition coefficient (Wildman–Crippen LogP) is 4.86. The van der Waals surface area contributed by atoms with Gasteiger partial charge in [-0.3, -0.25) is 0 Å². The second-order valence-electron chi connectivity index (χ2n) is 5.36. The molecule has 24 heavy (non-hydrogen) atoms. The number of aryl methyl sites for hydroxylation is 1. The number of nitrogens with one attached hydrogen (secondary N) is 1. The van der Waals surface area contributed by atoms with Crippen LogP contribution >= 0.6 is 23.6 Å². The number of anilines is 1. The van der Waals surface area contributed by atoms with E-state index < -0.39 is 0 Å². The Balaban J connectivity index is 1.55. The first-order valence-corrected chi connectivity index (χ1v) is 8.66. The van der Waals surface area contributed by atoms with Gasteiger partial charge in [-0.15, -0.1) is 5.10 Å². The molecule has 4 rings (SSSR count). The highest BCUT2D eigenvalue weighted by atomic mass is 32.1. The fraction of sp³-hybridized carbons (Fsp3) is 0.118. The standard InChI is InChI=1S/C17H14N4OS2/c1-11-7-8-13-14(9-11)24-16(19-13)18-10-21-17(23)22-15(20-21)12-5-3-2-4-6-12/h2-9H,10H2,1H3,(H,18,19). The number of nitrogens with zero attached hydrogens (tertiary/aromatic N) is 3. The molecule has 0 bridgehead atoms. The third-order valence-corrected chi connectivity index (χ3v) is 4.82. The highest BCUT2D eigenvalue weighted by Crippen LogP contribution is 2.26. The Morgan fingerprint density at radius 3 is 2.88 bits per heavy atom. The molecule has 0 aliphatic carbocycles. The summed E-state index contributed by atoms with van der Waals surface area (Å²) in [5, 5.41) is 8.51. The maximum atomic E-state index is 5.57. The minimum Gasteiger partial charge on any atom is -0.409 e. The smallest absolute Gasteiger partial charge is 0.289 e. The van der Waals surface area contributed by atoms with Crippen molar-refractivity contribution in [2.75, 3.05) is 5.32 Å². The van der Waals surface area contributed by atoms with Gasteiger partial charge in [0.15, 0.2) is 5.13 Å². The quantitative estimate of drug-likeness (QED) is 0.530. The lowest BCUT2D eigenvalue weighted by Gasteiger charge is -2.00. The van der Waals surface area contributed by atoms with Crippen LogP contribution in [0.3, 0.4) is 0 Å². The van der Waals surface area contributed by atoms with E-state index in [1.165, 1.54) is 5.56 Å². The summed E-state index contributed by atoms with van der Waals surface area (Å²) in [6.07, 6.45) is 0. The van der Waals surface area contributed by atoms with Crippen molar-refractivity contribution in [3.8, 4) is 11.5 Å². The molecule has 2 heterocycles. The van der Waals surface area contributed by atoms with Crippen LogP contribution in [0.25, 0.3) is 21.7 Å². The normalized spacial score (nSPS) is 11.0. The monoisotopic (exact) mass is 354 g/mol. The topological polar surface area (TPSA) is 55.9 Å². The number of fused-ring (bicyclic) bond motifs is 1. The Labute approximate surface area is 147 Å². The number of aromatic nitrogens is 3. The van der Waals surface area contributed by atoms with Gasteiger partial charge in [0.2, 0.25) is 5.89 Å². The average molecular weight is 354 g/mol. The van der Waals surface area contributed by atoms with E-state index in [9.17, 15) is 0 Å². The third kappa shape index (κ3) is 2.95. The van der Waals surface area contributed by atoms with Crippen LogP contribution in [0.4, 0.5) is 5.13 Å². The van der Waals surface area contributed by atoms with Crippen LogP contribution in [-0.2, 0) is 6.67 Å². The molecule has 0 radical (unpaired) electrons. The fourth-order valence-corrected chi connectivity index (χ4v) is 3.49. The summed E-state index contributed by atoms with van der Waals surface area (Å²) in [7, 11) is 0. The number of benzene rings is 2. The van der Waals surface area contributed by atoms with Crippen LogP contribution < -0.4 is 5.32 Å². The highest BCUT2D eigenvalue weighted by molar-refractivity contribution is 7.71. The molecular weight excluding hydrogens is 340 g/mol. The second kappa shape index (κ2) is 6.18. The van der Waals surface area contributed by atoms with Gasteiger partial charge in [-0.1, -0.05) is 35.6 Å². The van der Waals surface area contributed by atoms with E-state index in [1.807, 2.05) is 36.4 Å². The lowest BCUT2D eigenvalue weighted by Crippen LogP contribution is -2.09. The van der Waals surface area contributed by atoms with E-state index in [2.05, 4.69) is 34.5 Å². The second-order valence-corrected chi connectivity index (χ2v) is 6.74. The molecule has 0 saturated carbocycles. The van der Waals surface area contributed by atoms with Crippen LogP contribution in [0.5, 0.6) is 0 Å². The Bertz CT molecular complexity index is 1050. The van der Waals surface area contributed by atoms with Gasteiger partial charge in [-0.2, -0.15) is 0 Å². The van der Waals surface area contributed by atoms with Gasteiger partial charge in [0.1, 0.15) is 6.67 Å². The first-order chi connectivity index (χ1) is 11.7. The molecule has 4 aromatic rings. The molecule has 2 aromatic carbocycles. The van der Waals surface area contributed by atoms with Gasteiger partial charge in [-0.25, -0.2) is 9.67 Å². The molecule has 0 unspecified atom stereocenters. The fourth-order valence-electron chi connectivity index (χ4n) is 2.35. The molecule has 2 aromatic heterocycles. The molecule has 120 valence electrons. The maximum Gasteiger partial charge on any atom is 0.289 e. The van der Waals surface area contributed by atoms with Crippen LogP contribution in [0.15, 0.2) is 52.9 Å². The SMILES string of the molecule is Cc1ccc2nc(NCn3nc(-c4ccccc4)oc3=S)sc2c1. The summed E-state index contributed by atoms with van der Waals surface area (Å²) in [4.78, 5) is 4.90. The minimum absolute atomic E-state index is 0.332. The molecule has 0 fully saturated rings. The highest BCUT2D eigenvalue weighted by Gasteiger charge is 2.09. The Morgan fingerprint density at radius 1 is 1.21 bits per heavy atom. The summed E-state index contributed by atoms with van der Waals surface area (Å²) in [6, 6.07) is 15.9. The molecule has 0 spiro atoms. The van der Waals surface area contributed by atoms with Crippen molar-refractivity contribution in [1.82, 2.24) is 14.8 Å². The summed E-state index contributed by atoms with van der Waals surface area (Å²) < 4.78 is 8.35. The zero-order chi connectivity index (χ0) is 16.5. The molecule has 0 aliphatic rings. The van der Waals surface area contributed by atoms with Crippen molar-refractivity contribution in [2.24, 2.45) is 0 Å². The summed E-state index contributed by atoms with van der Waals surface area (Å²) in [6.45, 7) is 2.49. The minimum atomic E-state index is 0.332. The van der Waals surface area contributed by atoms with Gasteiger partial charge >= 0.3 is 0 Å². The Kier molecular flexibility index (Phi) is 3.87. The van der Waals surface area contributed by atoms with Crippen LogP contribution in [-0.4, -0.2) is 14.8 Å². The lowest BCUT2D eigenvalue weighted by atomic mass is 10.2. The third-order valence-electron chi connectivity index (χ3n) is 3.55. The van der Waals surface area contributed by atoms with Crippen molar-refractivity contribution < 1.29 is 4.42 Å². The van der Waals surface area contributed by atoms with E-state index in [0.29, 0.717) is 17.4 Å². The molecule has 5 nitrogen and oxygen atoms in total. The molecular formula is C17H14N4OS2. The molecule has 0 aliphatic heterocycles. The molecule has 7 heteroatoms. The summed E-state index contributed by atoms with van der Waals surface area (Å²) in [5.74, 6) is 0.516. The van der Waals surface area contributed by atoms with E-state index in [4.69, 9.17) is 16.6 Å². The van der Waals surface area contributed by atoms with Crippen molar-refractivity contribution in [2.45, 2.75) is 13.6 Å². The van der Waals surface area contributed by atoms with Gasteiger partial charge in [0.05, 0.1) is 10.2 Å². The van der Waals surface area contributed by atoms with Gasteiger partial charge < -0.3 is 9.73 Å². The average Bonchev–Trinajstić information content (AvgIpc) is 3.16. The number of hydrogen-bond acceptors (Lipinski definition) is 6. The zero-order valence-electron chi connectivity index (χ0n) is 12.9. The van der Waals surface area contributed by atoms with Gasteiger partial charge in [0.25, 0.3) is 4.84 Å². The maximum absolute atomic E-state index is 5.57. The van der Waals surface area contributed by atoms with Crippen molar-refractivity contribution >= 4 is 38.9 Å². The van der Waals surface area contributed by atoms with Crippen molar-refractivity contribution in [1.29, 1.82) is 0 Å². The molecule has 0 atom stereocenters. The molecule has 0 amide bonds. The molecule has 0 saturated heterocycles. The first-order valence-electron chi connectivity index (χ1n) is 7.43. The van der Waals surface area contributed by atoms with Gasteiger partial charge in [0, 0.05) is 5.56 Å². The molecule has 1 N–H and O–H groups in total. The lowest BCUT2D eigenvalue weighted by molar-refractivity contribution is 0.522. The number of hydrogen-bond donors (Lipinski definition) is 1. The summed E-state index contributed by atoms with van der Waals surface area (Å²) >= 11 is 6.86. The van der Waals surface area contributed by atoms with E-state index in [-0.39, 0.29) is 0 Å². The summed E-state index contributed by atoms with van der Waals surface area (Å²) in [5.41, 5.74) is 3.11. The van der Waals surface area contributed by atoms with Crippen LogP contribution in [0, 0.1) is 11.8 Å². The first kappa shape index (κ1) is 15.0. The van der Waals surface area contributed by atoms with E-state index in [0.717, 1.165) is 20.9 Å². The van der Waals surface area contributed by atoms with E-state index in [1.54, 1.807) is 16.0 Å². The predicted molar refractivity (Wildman–Crippen MR) is 98.7 cm³/mol. The number of thiazole rings is 1. The van der Waals surface area contributed by atoms with Crippen LogP contribution in [0.2, 0.25) is 0 Å². The van der Waals surface area contributed by atoms with Crippen LogP contribution in [0.1, 0.15) is 5.56 Å². The Morgan fingerprint density at radius 2 is 2.04 bits per heavy atom. The zero-order valence-corrected chi connectivity index (χ0v) is 14.5. The largest absolute Gasteiger partial charge is 0.409 e. The number of rotatable bonds is 4. The van der Waals surface area contributed by atoms with Gasteiger partial charge in [-0.05, 0) is 49.0 Å². The van der Waals surface area contributed by atoms with E-state index >= 15 is 0 Å². The van der Waals surface area contributed by atoms with Crippen molar-refractivity contribution in [3.63, 3.8) is 0 Å². The Hall–Kier alpha value is -2.51.